The van der Waals surface area contributed by atoms with Gasteiger partial charge in [0.1, 0.15) is 6.04 Å². The number of carbonyl (C=O) groups is 2. The Morgan fingerprint density at radius 2 is 2.05 bits per heavy atom. The maximum atomic E-state index is 12.4. The first-order chi connectivity index (χ1) is 8.91. The van der Waals surface area contributed by atoms with Gasteiger partial charge in [-0.15, -0.1) is 11.8 Å². The lowest BCUT2D eigenvalue weighted by Gasteiger charge is -2.25. The van der Waals surface area contributed by atoms with Crippen LogP contribution >= 0.6 is 35.0 Å². The standard InChI is InChI=1S/C12H11Cl2NO3S/c1-6-15(10(5-19-6)12(17)18)11(16)7-2-3-8(13)9(14)4-7/h2-4,6,10H,5H2,1H3,(H,17,18). The maximum absolute atomic E-state index is 12.4. The van der Waals surface area contributed by atoms with Crippen molar-refractivity contribution < 1.29 is 14.7 Å². The molecule has 0 radical (unpaired) electrons. The number of halogens is 2. The molecule has 1 saturated heterocycles. The molecule has 2 rings (SSSR count). The SMILES string of the molecule is CC1SCC(C(=O)O)N1C(=O)c1ccc(Cl)c(Cl)c1. The highest BCUT2D eigenvalue weighted by Gasteiger charge is 2.39. The van der Waals surface area contributed by atoms with Gasteiger partial charge in [0.05, 0.1) is 15.4 Å². The Morgan fingerprint density at radius 1 is 1.37 bits per heavy atom. The summed E-state index contributed by atoms with van der Waals surface area (Å²) in [5, 5.41) is 9.60. The van der Waals surface area contributed by atoms with E-state index in [2.05, 4.69) is 0 Å². The summed E-state index contributed by atoms with van der Waals surface area (Å²) in [5.41, 5.74) is 0.343. The van der Waals surface area contributed by atoms with E-state index in [-0.39, 0.29) is 16.3 Å². The zero-order valence-corrected chi connectivity index (χ0v) is 12.3. The number of hydrogen-bond donors (Lipinski definition) is 1. The van der Waals surface area contributed by atoms with Gasteiger partial charge in [-0.05, 0) is 25.1 Å². The molecule has 0 aliphatic carbocycles. The van der Waals surface area contributed by atoms with Crippen LogP contribution in [0.1, 0.15) is 17.3 Å². The quantitative estimate of drug-likeness (QED) is 0.910. The molecule has 1 aromatic rings. The average Bonchev–Trinajstić information content (AvgIpc) is 2.74. The summed E-state index contributed by atoms with van der Waals surface area (Å²) in [5.74, 6) is -0.947. The second-order valence-electron chi connectivity index (χ2n) is 4.13. The molecule has 2 atom stereocenters. The molecule has 4 nitrogen and oxygen atoms in total. The van der Waals surface area contributed by atoms with Crippen LogP contribution in [0.5, 0.6) is 0 Å². The molecule has 1 aliphatic rings. The van der Waals surface area contributed by atoms with Gasteiger partial charge in [-0.25, -0.2) is 4.79 Å². The highest BCUT2D eigenvalue weighted by Crippen LogP contribution is 2.31. The molecule has 0 spiro atoms. The second-order valence-corrected chi connectivity index (χ2v) is 6.29. The molecule has 1 amide bonds. The smallest absolute Gasteiger partial charge is 0.327 e. The van der Waals surface area contributed by atoms with Crippen LogP contribution in [0.2, 0.25) is 10.0 Å². The third kappa shape index (κ3) is 2.83. The zero-order valence-electron chi connectivity index (χ0n) is 9.97. The van der Waals surface area contributed by atoms with Crippen LogP contribution in [0.4, 0.5) is 0 Å². The summed E-state index contributed by atoms with van der Waals surface area (Å²) < 4.78 is 0. The van der Waals surface area contributed by atoms with E-state index in [4.69, 9.17) is 28.3 Å². The molecule has 1 N–H and O–H groups in total. The number of carboxylic acids is 1. The van der Waals surface area contributed by atoms with Gasteiger partial charge in [-0.3, -0.25) is 4.79 Å². The number of aliphatic carboxylic acids is 1. The Hall–Kier alpha value is -0.910. The summed E-state index contributed by atoms with van der Waals surface area (Å²) in [6.45, 7) is 1.81. The van der Waals surface area contributed by atoms with E-state index in [1.165, 1.54) is 28.8 Å². The van der Waals surface area contributed by atoms with E-state index in [1.54, 1.807) is 6.07 Å². The van der Waals surface area contributed by atoms with Gasteiger partial charge in [0, 0.05) is 11.3 Å². The van der Waals surface area contributed by atoms with Crippen LogP contribution in [0.25, 0.3) is 0 Å². The minimum Gasteiger partial charge on any atom is -0.480 e. The van der Waals surface area contributed by atoms with E-state index in [0.717, 1.165) is 0 Å². The summed E-state index contributed by atoms with van der Waals surface area (Å²) in [4.78, 5) is 24.9. The molecule has 1 aromatic carbocycles. The lowest BCUT2D eigenvalue weighted by molar-refractivity contribution is -0.141. The van der Waals surface area contributed by atoms with Crippen molar-refractivity contribution in [3.05, 3.63) is 33.8 Å². The minimum absolute atomic E-state index is 0.178. The minimum atomic E-state index is -0.995. The van der Waals surface area contributed by atoms with Gasteiger partial charge < -0.3 is 10.0 Å². The Labute approximate surface area is 124 Å². The van der Waals surface area contributed by atoms with Gasteiger partial charge in [-0.2, -0.15) is 0 Å². The molecule has 102 valence electrons. The summed E-state index contributed by atoms with van der Waals surface area (Å²) in [6, 6.07) is 3.73. The Bertz CT molecular complexity index is 538. The predicted molar refractivity (Wildman–Crippen MR) is 76.0 cm³/mol. The number of nitrogens with zero attached hydrogens (tertiary/aromatic N) is 1. The van der Waals surface area contributed by atoms with E-state index in [0.29, 0.717) is 16.3 Å². The fourth-order valence-electron chi connectivity index (χ4n) is 1.92. The summed E-state index contributed by atoms with van der Waals surface area (Å²) in [6.07, 6.45) is 0. The molecule has 0 aromatic heterocycles. The van der Waals surface area contributed by atoms with Crippen LogP contribution in [0.15, 0.2) is 18.2 Å². The number of rotatable bonds is 2. The highest BCUT2D eigenvalue weighted by molar-refractivity contribution is 8.00. The van der Waals surface area contributed by atoms with Crippen molar-refractivity contribution in [2.24, 2.45) is 0 Å². The average molecular weight is 320 g/mol. The van der Waals surface area contributed by atoms with Crippen molar-refractivity contribution in [3.63, 3.8) is 0 Å². The van der Waals surface area contributed by atoms with E-state index >= 15 is 0 Å². The number of benzene rings is 1. The number of hydrogen-bond acceptors (Lipinski definition) is 3. The highest BCUT2D eigenvalue weighted by atomic mass is 35.5. The fraction of sp³-hybridized carbons (Fsp3) is 0.333. The van der Waals surface area contributed by atoms with Crippen molar-refractivity contribution in [2.45, 2.75) is 18.3 Å². The van der Waals surface area contributed by atoms with Crippen LogP contribution in [-0.2, 0) is 4.79 Å². The molecular formula is C12H11Cl2NO3S. The molecule has 2 unspecified atom stereocenters. The third-order valence-corrected chi connectivity index (χ3v) is 4.87. The fourth-order valence-corrected chi connectivity index (χ4v) is 3.38. The van der Waals surface area contributed by atoms with Gasteiger partial charge in [-0.1, -0.05) is 23.2 Å². The monoisotopic (exact) mass is 319 g/mol. The molecule has 19 heavy (non-hydrogen) atoms. The number of carbonyl (C=O) groups excluding carboxylic acids is 1. The van der Waals surface area contributed by atoms with Crippen molar-refractivity contribution in [2.75, 3.05) is 5.75 Å². The number of thioether (sulfide) groups is 1. The molecule has 1 aliphatic heterocycles. The van der Waals surface area contributed by atoms with Gasteiger partial charge >= 0.3 is 5.97 Å². The molecule has 7 heteroatoms. The Kier molecular flexibility index (Phi) is 4.28. The lowest BCUT2D eigenvalue weighted by atomic mass is 10.1. The predicted octanol–water partition coefficient (Wildman–Crippen LogP) is 2.98. The maximum Gasteiger partial charge on any atom is 0.327 e. The molecular weight excluding hydrogens is 309 g/mol. The summed E-state index contributed by atoms with van der Waals surface area (Å²) in [7, 11) is 0. The van der Waals surface area contributed by atoms with Gasteiger partial charge in [0.25, 0.3) is 5.91 Å². The van der Waals surface area contributed by atoms with Crippen LogP contribution in [0.3, 0.4) is 0 Å². The van der Waals surface area contributed by atoms with Crippen molar-refractivity contribution in [3.8, 4) is 0 Å². The largest absolute Gasteiger partial charge is 0.480 e. The van der Waals surface area contributed by atoms with Gasteiger partial charge in [0.15, 0.2) is 0 Å². The topological polar surface area (TPSA) is 57.6 Å². The Morgan fingerprint density at radius 3 is 2.63 bits per heavy atom. The number of amides is 1. The van der Waals surface area contributed by atoms with Crippen molar-refractivity contribution in [1.29, 1.82) is 0 Å². The summed E-state index contributed by atoms with van der Waals surface area (Å²) >= 11 is 13.1. The molecule has 0 saturated carbocycles. The van der Waals surface area contributed by atoms with Crippen LogP contribution < -0.4 is 0 Å². The van der Waals surface area contributed by atoms with Crippen molar-refractivity contribution >= 4 is 46.8 Å². The first-order valence-corrected chi connectivity index (χ1v) is 7.34. The molecule has 1 fully saturated rings. The van der Waals surface area contributed by atoms with E-state index in [1.807, 2.05) is 6.92 Å². The lowest BCUT2D eigenvalue weighted by Crippen LogP contribution is -2.44. The van der Waals surface area contributed by atoms with E-state index in [9.17, 15) is 9.59 Å². The second kappa shape index (κ2) is 5.61. The van der Waals surface area contributed by atoms with Crippen LogP contribution in [-0.4, -0.2) is 39.1 Å². The van der Waals surface area contributed by atoms with Crippen LogP contribution in [0, 0.1) is 0 Å². The zero-order chi connectivity index (χ0) is 14.2. The van der Waals surface area contributed by atoms with Gasteiger partial charge in [0.2, 0.25) is 0 Å². The Balaban J connectivity index is 2.31. The van der Waals surface area contributed by atoms with E-state index < -0.39 is 12.0 Å². The first-order valence-electron chi connectivity index (χ1n) is 5.54. The molecule has 1 heterocycles. The third-order valence-electron chi connectivity index (χ3n) is 2.91. The normalized spacial score (nSPS) is 22.6. The van der Waals surface area contributed by atoms with Crippen molar-refractivity contribution in [1.82, 2.24) is 4.90 Å². The first kappa shape index (κ1) is 14.5. The number of carboxylic acid groups (broad SMARTS) is 1. The molecule has 0 bridgehead atoms.